The Kier molecular flexibility index (Phi) is 5.63. The highest BCUT2D eigenvalue weighted by molar-refractivity contribution is 7.98. The molecule has 0 saturated heterocycles. The molecule has 0 radical (unpaired) electrons. The summed E-state index contributed by atoms with van der Waals surface area (Å²) in [7, 11) is 1.60. The van der Waals surface area contributed by atoms with Gasteiger partial charge in [0.05, 0.1) is 12.8 Å². The number of nitrogens with zero attached hydrogens (tertiary/aromatic N) is 1. The van der Waals surface area contributed by atoms with Gasteiger partial charge in [-0.15, -0.1) is 11.8 Å². The van der Waals surface area contributed by atoms with Crippen molar-refractivity contribution < 1.29 is 9.53 Å². The van der Waals surface area contributed by atoms with Gasteiger partial charge < -0.3 is 10.1 Å². The maximum Gasteiger partial charge on any atom is 0.224 e. The van der Waals surface area contributed by atoms with Crippen molar-refractivity contribution in [1.82, 2.24) is 4.98 Å². The zero-order chi connectivity index (χ0) is 15.1. The largest absolute Gasteiger partial charge is 0.495 e. The van der Waals surface area contributed by atoms with Crippen LogP contribution in [0.1, 0.15) is 12.0 Å². The van der Waals surface area contributed by atoms with Gasteiger partial charge in [0.1, 0.15) is 5.75 Å². The number of carbonyl (C=O) groups is 1. The number of pyridine rings is 1. The van der Waals surface area contributed by atoms with Gasteiger partial charge >= 0.3 is 0 Å². The van der Waals surface area contributed by atoms with Gasteiger partial charge in [-0.05, 0) is 48.6 Å². The van der Waals surface area contributed by atoms with E-state index in [4.69, 9.17) is 4.74 Å². The normalized spacial score (nSPS) is 10.2. The molecule has 0 atom stereocenters. The Bertz CT molecular complexity index is 602. The number of carbonyl (C=O) groups excluding carboxylic acids is 1. The molecule has 1 N–H and O–H groups in total. The number of ether oxygens (including phenoxy) is 1. The fourth-order valence-corrected chi connectivity index (χ4v) is 2.35. The quantitative estimate of drug-likeness (QED) is 0.831. The highest BCUT2D eigenvalue weighted by atomic mass is 32.2. The molecule has 21 heavy (non-hydrogen) atoms. The van der Waals surface area contributed by atoms with Gasteiger partial charge in [-0.3, -0.25) is 9.78 Å². The predicted octanol–water partition coefficient (Wildman–Crippen LogP) is 3.38. The van der Waals surface area contributed by atoms with E-state index in [0.29, 0.717) is 24.3 Å². The monoisotopic (exact) mass is 302 g/mol. The number of thioether (sulfide) groups is 1. The average molecular weight is 302 g/mol. The number of benzene rings is 1. The first-order valence-corrected chi connectivity index (χ1v) is 7.86. The van der Waals surface area contributed by atoms with E-state index in [9.17, 15) is 4.79 Å². The summed E-state index contributed by atoms with van der Waals surface area (Å²) in [6.45, 7) is 0. The number of aromatic nitrogens is 1. The number of rotatable bonds is 6. The molecule has 5 heteroatoms. The van der Waals surface area contributed by atoms with Gasteiger partial charge in [0.2, 0.25) is 5.91 Å². The molecule has 110 valence electrons. The fourth-order valence-electron chi connectivity index (χ4n) is 1.92. The lowest BCUT2D eigenvalue weighted by Gasteiger charge is -2.11. The molecular weight excluding hydrogens is 284 g/mol. The van der Waals surface area contributed by atoms with Crippen molar-refractivity contribution in [2.75, 3.05) is 18.7 Å². The predicted molar refractivity (Wildman–Crippen MR) is 86.0 cm³/mol. The standard InChI is InChI=1S/C16H18N2O2S/c1-20-15-11-13(21-2)4-5-14(15)18-16(19)6-3-12-7-9-17-10-8-12/h4-5,7-11H,3,6H2,1-2H3,(H,18,19). The first-order chi connectivity index (χ1) is 10.2. The second-order valence-corrected chi connectivity index (χ2v) is 5.35. The van der Waals surface area contributed by atoms with Gasteiger partial charge in [0, 0.05) is 23.7 Å². The Morgan fingerprint density at radius 2 is 2.05 bits per heavy atom. The van der Waals surface area contributed by atoms with Crippen molar-refractivity contribution in [3.8, 4) is 5.75 Å². The Morgan fingerprint density at radius 3 is 2.71 bits per heavy atom. The molecule has 4 nitrogen and oxygen atoms in total. The number of methoxy groups -OCH3 is 1. The molecule has 0 aliphatic rings. The van der Waals surface area contributed by atoms with Crippen LogP contribution in [-0.2, 0) is 11.2 Å². The highest BCUT2D eigenvalue weighted by Gasteiger charge is 2.08. The lowest BCUT2D eigenvalue weighted by Crippen LogP contribution is -2.13. The summed E-state index contributed by atoms with van der Waals surface area (Å²) in [4.78, 5) is 17.1. The summed E-state index contributed by atoms with van der Waals surface area (Å²) in [5.41, 5.74) is 1.81. The summed E-state index contributed by atoms with van der Waals surface area (Å²) in [5, 5.41) is 2.89. The molecule has 1 aromatic heterocycles. The molecule has 0 spiro atoms. The second-order valence-electron chi connectivity index (χ2n) is 4.47. The first kappa shape index (κ1) is 15.4. The molecule has 0 aliphatic carbocycles. The summed E-state index contributed by atoms with van der Waals surface area (Å²) in [6, 6.07) is 9.59. The average Bonchev–Trinajstić information content (AvgIpc) is 2.54. The van der Waals surface area contributed by atoms with E-state index in [-0.39, 0.29) is 5.91 Å². The number of hydrogen-bond donors (Lipinski definition) is 1. The topological polar surface area (TPSA) is 51.2 Å². The Balaban J connectivity index is 1.96. The molecule has 0 fully saturated rings. The van der Waals surface area contributed by atoms with Crippen LogP contribution in [0.25, 0.3) is 0 Å². The fraction of sp³-hybridized carbons (Fsp3) is 0.250. The number of hydrogen-bond acceptors (Lipinski definition) is 4. The second kappa shape index (κ2) is 7.69. The molecule has 1 aromatic carbocycles. The highest BCUT2D eigenvalue weighted by Crippen LogP contribution is 2.29. The number of amides is 1. The maximum absolute atomic E-state index is 12.0. The van der Waals surface area contributed by atoms with E-state index >= 15 is 0 Å². The van der Waals surface area contributed by atoms with Crippen LogP contribution in [-0.4, -0.2) is 24.3 Å². The summed E-state index contributed by atoms with van der Waals surface area (Å²) in [5.74, 6) is 0.654. The van der Waals surface area contributed by atoms with Crippen LogP contribution in [0.2, 0.25) is 0 Å². The van der Waals surface area contributed by atoms with Crippen molar-refractivity contribution in [2.45, 2.75) is 17.7 Å². The summed E-state index contributed by atoms with van der Waals surface area (Å²) < 4.78 is 5.32. The van der Waals surface area contributed by atoms with Crippen LogP contribution < -0.4 is 10.1 Å². The molecule has 2 aromatic rings. The minimum absolute atomic E-state index is 0.0259. The van der Waals surface area contributed by atoms with Crippen molar-refractivity contribution in [3.05, 3.63) is 48.3 Å². The number of anilines is 1. The van der Waals surface area contributed by atoms with Crippen LogP contribution in [0, 0.1) is 0 Å². The zero-order valence-corrected chi connectivity index (χ0v) is 12.9. The van der Waals surface area contributed by atoms with Crippen molar-refractivity contribution in [3.63, 3.8) is 0 Å². The Hall–Kier alpha value is -2.01. The minimum Gasteiger partial charge on any atom is -0.495 e. The lowest BCUT2D eigenvalue weighted by molar-refractivity contribution is -0.116. The van der Waals surface area contributed by atoms with Gasteiger partial charge in [-0.2, -0.15) is 0 Å². The van der Waals surface area contributed by atoms with Gasteiger partial charge in [-0.1, -0.05) is 0 Å². The summed E-state index contributed by atoms with van der Waals surface area (Å²) in [6.07, 6.45) is 6.59. The smallest absolute Gasteiger partial charge is 0.224 e. The molecule has 0 aliphatic heterocycles. The van der Waals surface area contributed by atoms with Crippen LogP contribution in [0.4, 0.5) is 5.69 Å². The third-order valence-corrected chi connectivity index (χ3v) is 3.80. The number of aryl methyl sites for hydroxylation is 1. The Labute approximate surface area is 128 Å². The van der Waals surface area contributed by atoms with Crippen molar-refractivity contribution >= 4 is 23.4 Å². The molecule has 1 amide bonds. The SMILES string of the molecule is COc1cc(SC)ccc1NC(=O)CCc1ccncc1. The van der Waals surface area contributed by atoms with Crippen LogP contribution >= 0.6 is 11.8 Å². The van der Waals surface area contributed by atoms with Gasteiger partial charge in [-0.25, -0.2) is 0 Å². The molecule has 0 saturated carbocycles. The van der Waals surface area contributed by atoms with E-state index in [0.717, 1.165) is 10.5 Å². The third-order valence-electron chi connectivity index (χ3n) is 3.07. The van der Waals surface area contributed by atoms with Gasteiger partial charge in [0.25, 0.3) is 0 Å². The van der Waals surface area contributed by atoms with E-state index in [1.807, 2.05) is 36.6 Å². The summed E-state index contributed by atoms with van der Waals surface area (Å²) >= 11 is 1.63. The van der Waals surface area contributed by atoms with E-state index < -0.39 is 0 Å². The molecule has 0 unspecified atom stereocenters. The minimum atomic E-state index is -0.0259. The van der Waals surface area contributed by atoms with E-state index in [1.54, 1.807) is 31.3 Å². The van der Waals surface area contributed by atoms with Crippen molar-refractivity contribution in [1.29, 1.82) is 0 Å². The van der Waals surface area contributed by atoms with Gasteiger partial charge in [0.15, 0.2) is 0 Å². The Morgan fingerprint density at radius 1 is 1.29 bits per heavy atom. The molecule has 1 heterocycles. The lowest BCUT2D eigenvalue weighted by atomic mass is 10.1. The molecule has 2 rings (SSSR count). The molecule has 0 bridgehead atoms. The van der Waals surface area contributed by atoms with Crippen LogP contribution in [0.3, 0.4) is 0 Å². The molecular formula is C16H18N2O2S. The van der Waals surface area contributed by atoms with E-state index in [2.05, 4.69) is 10.3 Å². The maximum atomic E-state index is 12.0. The third kappa shape index (κ3) is 4.49. The van der Waals surface area contributed by atoms with E-state index in [1.165, 1.54) is 0 Å². The zero-order valence-electron chi connectivity index (χ0n) is 12.1. The first-order valence-electron chi connectivity index (χ1n) is 6.63. The van der Waals surface area contributed by atoms with Crippen LogP contribution in [0.15, 0.2) is 47.6 Å². The van der Waals surface area contributed by atoms with Crippen LogP contribution in [0.5, 0.6) is 5.75 Å². The van der Waals surface area contributed by atoms with Crippen molar-refractivity contribution in [2.24, 2.45) is 0 Å². The number of nitrogens with one attached hydrogen (secondary N) is 1.